The maximum atomic E-state index is 11.5. The van der Waals surface area contributed by atoms with Gasteiger partial charge in [-0.05, 0) is 24.1 Å². The number of hydrogen-bond donors (Lipinski definition) is 2. The number of anilines is 2. The van der Waals surface area contributed by atoms with Gasteiger partial charge in [0.1, 0.15) is 5.82 Å². The number of nitrogen functional groups attached to an aromatic ring is 1. The van der Waals surface area contributed by atoms with Gasteiger partial charge in [-0.25, -0.2) is 9.78 Å². The first-order valence-electron chi connectivity index (χ1n) is 6.17. The first-order valence-corrected chi connectivity index (χ1v) is 6.17. The second-order valence-electron chi connectivity index (χ2n) is 4.19. The third-order valence-corrected chi connectivity index (χ3v) is 2.78. The number of pyridine rings is 2. The highest BCUT2D eigenvalue weighted by Gasteiger charge is 2.11. The van der Waals surface area contributed by atoms with Crippen molar-refractivity contribution >= 4 is 17.5 Å². The Morgan fingerprint density at radius 1 is 1.45 bits per heavy atom. The highest BCUT2D eigenvalue weighted by Crippen LogP contribution is 2.15. The largest absolute Gasteiger partial charge is 0.465 e. The Morgan fingerprint density at radius 3 is 3.00 bits per heavy atom. The Hall–Kier alpha value is -2.63. The van der Waals surface area contributed by atoms with Gasteiger partial charge in [0.25, 0.3) is 0 Å². The van der Waals surface area contributed by atoms with Crippen molar-refractivity contribution in [1.29, 1.82) is 0 Å². The van der Waals surface area contributed by atoms with Crippen LogP contribution in [0.2, 0.25) is 0 Å². The van der Waals surface area contributed by atoms with Gasteiger partial charge in [-0.3, -0.25) is 4.98 Å². The number of carbonyl (C=O) groups is 1. The van der Waals surface area contributed by atoms with Crippen LogP contribution in [0.25, 0.3) is 0 Å². The number of nitrogens with one attached hydrogen (secondary N) is 1. The Bertz CT molecular complexity index is 587. The molecular weight excluding hydrogens is 256 g/mol. The molecule has 6 nitrogen and oxygen atoms in total. The van der Waals surface area contributed by atoms with Crippen molar-refractivity contribution in [3.8, 4) is 0 Å². The van der Waals surface area contributed by atoms with Crippen LogP contribution in [0.5, 0.6) is 0 Å². The molecule has 0 aliphatic rings. The van der Waals surface area contributed by atoms with Crippen LogP contribution in [0.3, 0.4) is 0 Å². The minimum absolute atomic E-state index is 0.301. The van der Waals surface area contributed by atoms with Crippen molar-refractivity contribution in [2.24, 2.45) is 0 Å². The van der Waals surface area contributed by atoms with E-state index in [9.17, 15) is 4.79 Å². The van der Waals surface area contributed by atoms with Gasteiger partial charge in [-0.2, -0.15) is 0 Å². The molecule has 2 aromatic heterocycles. The van der Waals surface area contributed by atoms with Crippen LogP contribution in [0.4, 0.5) is 11.5 Å². The Kier molecular flexibility index (Phi) is 4.49. The van der Waals surface area contributed by atoms with Gasteiger partial charge in [-0.1, -0.05) is 6.07 Å². The summed E-state index contributed by atoms with van der Waals surface area (Å²) in [5.74, 6) is 0.115. The van der Waals surface area contributed by atoms with Crippen LogP contribution in [-0.4, -0.2) is 29.6 Å². The van der Waals surface area contributed by atoms with Gasteiger partial charge >= 0.3 is 5.97 Å². The maximum Gasteiger partial charge on any atom is 0.340 e. The van der Waals surface area contributed by atoms with E-state index in [1.807, 2.05) is 18.3 Å². The molecule has 2 heterocycles. The van der Waals surface area contributed by atoms with E-state index in [1.54, 1.807) is 12.3 Å². The Labute approximate surface area is 117 Å². The molecule has 0 bridgehead atoms. The third kappa shape index (κ3) is 3.44. The number of nitrogens with zero attached hydrogens (tertiary/aromatic N) is 2. The van der Waals surface area contributed by atoms with E-state index in [0.29, 0.717) is 23.6 Å². The van der Waals surface area contributed by atoms with E-state index in [2.05, 4.69) is 20.0 Å². The van der Waals surface area contributed by atoms with E-state index in [-0.39, 0.29) is 0 Å². The molecule has 0 unspecified atom stereocenters. The molecule has 0 aliphatic heterocycles. The fraction of sp³-hybridized carbons (Fsp3) is 0.214. The average Bonchev–Trinajstić information content (AvgIpc) is 2.49. The summed E-state index contributed by atoms with van der Waals surface area (Å²) in [5.41, 5.74) is 7.43. The van der Waals surface area contributed by atoms with Crippen LogP contribution in [0.15, 0.2) is 36.8 Å². The predicted octanol–water partition coefficient (Wildman–Crippen LogP) is 1.50. The van der Waals surface area contributed by atoms with Crippen LogP contribution in [0.1, 0.15) is 15.9 Å². The molecule has 0 aliphatic carbocycles. The lowest BCUT2D eigenvalue weighted by Crippen LogP contribution is -2.10. The zero-order chi connectivity index (χ0) is 14.4. The lowest BCUT2D eigenvalue weighted by atomic mass is 10.2. The lowest BCUT2D eigenvalue weighted by molar-refractivity contribution is 0.0602. The SMILES string of the molecule is COC(=O)c1cc(NCCc2cccnc2)ncc1N. The second-order valence-corrected chi connectivity index (χ2v) is 4.19. The molecule has 0 amide bonds. The summed E-state index contributed by atoms with van der Waals surface area (Å²) in [5, 5.41) is 3.14. The maximum absolute atomic E-state index is 11.5. The van der Waals surface area contributed by atoms with Gasteiger partial charge in [0.15, 0.2) is 0 Å². The number of hydrogen-bond acceptors (Lipinski definition) is 6. The number of carbonyl (C=O) groups excluding carboxylic acids is 1. The number of ether oxygens (including phenoxy) is 1. The number of rotatable bonds is 5. The summed E-state index contributed by atoms with van der Waals surface area (Å²) < 4.78 is 4.66. The molecule has 3 N–H and O–H groups in total. The Morgan fingerprint density at radius 2 is 2.30 bits per heavy atom. The molecule has 0 aromatic carbocycles. The lowest BCUT2D eigenvalue weighted by Gasteiger charge is -2.08. The molecule has 2 aromatic rings. The first kappa shape index (κ1) is 13.8. The second kappa shape index (κ2) is 6.51. The normalized spacial score (nSPS) is 10.1. The van der Waals surface area contributed by atoms with Gasteiger partial charge in [0.05, 0.1) is 24.6 Å². The molecule has 6 heteroatoms. The standard InChI is InChI=1S/C14H16N4O2/c1-20-14(19)11-7-13(18-9-12(11)15)17-6-4-10-3-2-5-16-8-10/h2-3,5,7-9H,4,6,15H2,1H3,(H,17,18). The molecule has 0 saturated heterocycles. The monoisotopic (exact) mass is 272 g/mol. The van der Waals surface area contributed by atoms with Gasteiger partial charge in [-0.15, -0.1) is 0 Å². The van der Waals surface area contributed by atoms with Crippen LogP contribution >= 0.6 is 0 Å². The molecule has 0 saturated carbocycles. The molecule has 2 rings (SSSR count). The first-order chi connectivity index (χ1) is 9.70. The van der Waals surface area contributed by atoms with Crippen molar-refractivity contribution in [3.63, 3.8) is 0 Å². The molecule has 0 fully saturated rings. The summed E-state index contributed by atoms with van der Waals surface area (Å²) in [6.07, 6.45) is 5.81. The van der Waals surface area contributed by atoms with E-state index in [0.717, 1.165) is 12.0 Å². The molecular formula is C14H16N4O2. The minimum Gasteiger partial charge on any atom is -0.465 e. The minimum atomic E-state index is -0.472. The fourth-order valence-corrected chi connectivity index (χ4v) is 1.73. The molecule has 20 heavy (non-hydrogen) atoms. The van der Waals surface area contributed by atoms with Crippen LogP contribution < -0.4 is 11.1 Å². The number of aromatic nitrogens is 2. The highest BCUT2D eigenvalue weighted by atomic mass is 16.5. The van der Waals surface area contributed by atoms with Gasteiger partial charge in [0.2, 0.25) is 0 Å². The van der Waals surface area contributed by atoms with Crippen LogP contribution in [0, 0.1) is 0 Å². The number of nitrogens with two attached hydrogens (primary N) is 1. The third-order valence-electron chi connectivity index (χ3n) is 2.78. The summed E-state index contributed by atoms with van der Waals surface area (Å²) in [7, 11) is 1.32. The summed E-state index contributed by atoms with van der Waals surface area (Å²) in [4.78, 5) is 19.7. The average molecular weight is 272 g/mol. The van der Waals surface area contributed by atoms with Crippen LogP contribution in [-0.2, 0) is 11.2 Å². The molecule has 0 spiro atoms. The van der Waals surface area contributed by atoms with E-state index in [4.69, 9.17) is 5.73 Å². The van der Waals surface area contributed by atoms with Crippen molar-refractivity contribution < 1.29 is 9.53 Å². The zero-order valence-electron chi connectivity index (χ0n) is 11.2. The van der Waals surface area contributed by atoms with E-state index < -0.39 is 5.97 Å². The number of esters is 1. The summed E-state index contributed by atoms with van der Waals surface area (Å²) >= 11 is 0. The Balaban J connectivity index is 1.98. The van der Waals surface area contributed by atoms with Crippen molar-refractivity contribution in [2.45, 2.75) is 6.42 Å². The van der Waals surface area contributed by atoms with Crippen molar-refractivity contribution in [2.75, 3.05) is 24.7 Å². The molecule has 0 atom stereocenters. The summed E-state index contributed by atoms with van der Waals surface area (Å²) in [6.45, 7) is 0.684. The van der Waals surface area contributed by atoms with Gasteiger partial charge in [0, 0.05) is 18.9 Å². The quantitative estimate of drug-likeness (QED) is 0.802. The van der Waals surface area contributed by atoms with E-state index in [1.165, 1.54) is 13.3 Å². The summed E-state index contributed by atoms with van der Waals surface area (Å²) in [6, 6.07) is 5.49. The molecule has 104 valence electrons. The van der Waals surface area contributed by atoms with E-state index >= 15 is 0 Å². The smallest absolute Gasteiger partial charge is 0.340 e. The fourth-order valence-electron chi connectivity index (χ4n) is 1.73. The highest BCUT2D eigenvalue weighted by molar-refractivity contribution is 5.95. The van der Waals surface area contributed by atoms with Crippen molar-refractivity contribution in [1.82, 2.24) is 9.97 Å². The molecule has 0 radical (unpaired) electrons. The predicted molar refractivity (Wildman–Crippen MR) is 76.4 cm³/mol. The number of methoxy groups -OCH3 is 1. The van der Waals surface area contributed by atoms with Crippen molar-refractivity contribution in [3.05, 3.63) is 47.9 Å². The topological polar surface area (TPSA) is 90.1 Å². The van der Waals surface area contributed by atoms with Gasteiger partial charge < -0.3 is 15.8 Å². The zero-order valence-corrected chi connectivity index (χ0v) is 11.2.